The van der Waals surface area contributed by atoms with Crippen molar-refractivity contribution in [1.82, 2.24) is 19.9 Å². The van der Waals surface area contributed by atoms with Crippen LogP contribution in [-0.2, 0) is 0 Å². The lowest BCUT2D eigenvalue weighted by molar-refractivity contribution is -1.03. The summed E-state index contributed by atoms with van der Waals surface area (Å²) in [5.74, 6) is 0.597. The molecule has 0 unspecified atom stereocenters. The van der Waals surface area contributed by atoms with Crippen molar-refractivity contribution < 1.29 is 28.2 Å². The second-order valence-corrected chi connectivity index (χ2v) is 12.6. The number of aromatic nitrogens is 4. The molecule has 14 nitrogen and oxygen atoms in total. The van der Waals surface area contributed by atoms with E-state index in [0.717, 1.165) is 61.3 Å². The summed E-state index contributed by atoms with van der Waals surface area (Å²) in [4.78, 5) is 43.3. The summed E-state index contributed by atoms with van der Waals surface area (Å²) in [5, 5.41) is 24.0. The van der Waals surface area contributed by atoms with E-state index in [1.165, 1.54) is 23.5 Å². The van der Waals surface area contributed by atoms with Gasteiger partial charge in [0, 0.05) is 0 Å². The molecule has 3 aliphatic heterocycles. The number of hydrogen-bond acceptors (Lipinski definition) is 12. The molecule has 0 N–H and O–H groups in total. The minimum Gasteiger partial charge on any atom is -1.00 e. The molecule has 2 aromatic rings. The summed E-state index contributed by atoms with van der Waals surface area (Å²) >= 11 is 14.9. The SMILES string of the molecule is CSc1nc(Cl)c([N+](=O)[O-])c(N2CC[N+]3(CC2)CC[N+]2(CCN(c4nc(SC)nc(Cl)c4[N+](=O)[O-])CC2)CC3)n1.[F-].[F-]. The highest BCUT2D eigenvalue weighted by molar-refractivity contribution is 7.98. The maximum absolute atomic E-state index is 11.7. The topological polar surface area (TPSA) is 144 Å². The van der Waals surface area contributed by atoms with Crippen LogP contribution in [0.5, 0.6) is 0 Å². The minimum atomic E-state index is -0.499. The predicted octanol–water partition coefficient (Wildman–Crippen LogP) is -3.17. The van der Waals surface area contributed by atoms with Crippen LogP contribution in [-0.4, -0.2) is 130 Å². The second kappa shape index (κ2) is 13.5. The van der Waals surface area contributed by atoms with Crippen molar-refractivity contribution >= 4 is 69.7 Å². The number of anilines is 2. The van der Waals surface area contributed by atoms with Crippen LogP contribution in [0, 0.1) is 20.2 Å². The molecule has 2 spiro atoms. The summed E-state index contributed by atoms with van der Waals surface area (Å²) in [5.41, 5.74) is -0.465. The van der Waals surface area contributed by atoms with Crippen LogP contribution in [0.3, 0.4) is 0 Å². The third kappa shape index (κ3) is 6.57. The molecule has 2 aromatic heterocycles. The smallest absolute Gasteiger partial charge is 0.348 e. The molecule has 3 saturated heterocycles. The van der Waals surface area contributed by atoms with E-state index in [-0.39, 0.29) is 31.1 Å². The summed E-state index contributed by atoms with van der Waals surface area (Å²) in [6.07, 6.45) is 3.63. The van der Waals surface area contributed by atoms with Gasteiger partial charge in [-0.15, -0.1) is 0 Å². The molecule has 232 valence electrons. The number of hydrogen-bond donors (Lipinski definition) is 0. The van der Waals surface area contributed by atoms with E-state index in [0.29, 0.717) is 48.1 Å². The molecular weight excluding hydrogens is 641 g/mol. The molecule has 5 heterocycles. The van der Waals surface area contributed by atoms with E-state index in [4.69, 9.17) is 23.2 Å². The Bertz CT molecular complexity index is 1220. The Labute approximate surface area is 259 Å². The molecule has 0 atom stereocenters. The fourth-order valence-corrected chi connectivity index (χ4v) is 7.19. The van der Waals surface area contributed by atoms with E-state index in [1.54, 1.807) is 0 Å². The van der Waals surface area contributed by atoms with Crippen LogP contribution < -0.4 is 19.2 Å². The van der Waals surface area contributed by atoms with Crippen LogP contribution in [0.1, 0.15) is 0 Å². The molecule has 0 amide bonds. The van der Waals surface area contributed by atoms with Gasteiger partial charge in [-0.25, -0.2) is 9.97 Å². The Morgan fingerprint density at radius 2 is 0.952 bits per heavy atom. The van der Waals surface area contributed by atoms with Crippen LogP contribution in [0.15, 0.2) is 10.3 Å². The first-order chi connectivity index (χ1) is 19.1. The highest BCUT2D eigenvalue weighted by Crippen LogP contribution is 2.37. The summed E-state index contributed by atoms with van der Waals surface area (Å²) in [6, 6.07) is 0. The van der Waals surface area contributed by atoms with E-state index in [1.807, 2.05) is 22.3 Å². The molecule has 0 aliphatic carbocycles. The first-order valence-electron chi connectivity index (χ1n) is 12.8. The number of nitrogens with zero attached hydrogens (tertiary/aromatic N) is 10. The number of thioether (sulfide) groups is 2. The average molecular weight is 672 g/mol. The molecule has 20 heteroatoms. The van der Waals surface area contributed by atoms with Gasteiger partial charge in [0.2, 0.25) is 21.9 Å². The zero-order valence-electron chi connectivity index (χ0n) is 22.9. The van der Waals surface area contributed by atoms with Gasteiger partial charge in [0.25, 0.3) is 0 Å². The van der Waals surface area contributed by atoms with Gasteiger partial charge in [-0.1, -0.05) is 46.7 Å². The van der Waals surface area contributed by atoms with Crippen LogP contribution in [0.4, 0.5) is 23.0 Å². The third-order valence-corrected chi connectivity index (χ3v) is 10.0. The lowest BCUT2D eigenvalue weighted by Gasteiger charge is -2.54. The number of piperazine rings is 3. The van der Waals surface area contributed by atoms with Gasteiger partial charge >= 0.3 is 11.4 Å². The molecule has 0 radical (unpaired) electrons. The maximum atomic E-state index is 11.7. The zero-order chi connectivity index (χ0) is 28.7. The maximum Gasteiger partial charge on any atom is 0.348 e. The quantitative estimate of drug-likeness (QED) is 0.0764. The van der Waals surface area contributed by atoms with Crippen LogP contribution >= 0.6 is 46.7 Å². The Morgan fingerprint density at radius 3 is 1.21 bits per heavy atom. The number of nitro groups is 2. The van der Waals surface area contributed by atoms with Gasteiger partial charge in [0.05, 0.1) is 62.2 Å². The molecule has 0 bridgehead atoms. The van der Waals surface area contributed by atoms with Crippen molar-refractivity contribution in [3.63, 3.8) is 0 Å². The molecule has 42 heavy (non-hydrogen) atoms. The van der Waals surface area contributed by atoms with Gasteiger partial charge in [0.15, 0.2) is 10.3 Å². The Balaban J connectivity index is 0.00000242. The largest absolute Gasteiger partial charge is 1.00 e. The Hall–Kier alpha value is -2.38. The molecule has 0 aromatic carbocycles. The van der Waals surface area contributed by atoms with Crippen molar-refractivity contribution in [2.75, 3.05) is 101 Å². The van der Waals surface area contributed by atoms with Gasteiger partial charge in [-0.05, 0) is 12.5 Å². The molecule has 0 saturated carbocycles. The van der Waals surface area contributed by atoms with Gasteiger partial charge in [0.1, 0.15) is 26.2 Å². The van der Waals surface area contributed by atoms with E-state index in [2.05, 4.69) is 19.9 Å². The number of halogens is 4. The lowest BCUT2D eigenvalue weighted by Crippen LogP contribution is -3.00. The summed E-state index contributed by atoms with van der Waals surface area (Å²) in [6.45, 7) is 10.2. The van der Waals surface area contributed by atoms with Gasteiger partial charge in [-0.2, -0.15) is 9.97 Å². The van der Waals surface area contributed by atoms with E-state index in [9.17, 15) is 20.2 Å². The van der Waals surface area contributed by atoms with Gasteiger partial charge < -0.3 is 28.2 Å². The van der Waals surface area contributed by atoms with Crippen molar-refractivity contribution in [3.05, 3.63) is 30.5 Å². The number of quaternary nitrogens is 2. The normalized spacial score (nSPS) is 19.2. The first kappa shape index (κ1) is 34.1. The molecule has 3 aliphatic rings. The first-order valence-corrected chi connectivity index (χ1v) is 16.0. The van der Waals surface area contributed by atoms with Crippen molar-refractivity contribution in [1.29, 1.82) is 0 Å². The molecule has 5 rings (SSSR count). The average Bonchev–Trinajstić information content (AvgIpc) is 2.94. The fraction of sp³-hybridized carbons (Fsp3) is 0.636. The van der Waals surface area contributed by atoms with Crippen molar-refractivity contribution in [2.24, 2.45) is 0 Å². The second-order valence-electron chi connectivity index (χ2n) is 10.3. The van der Waals surface area contributed by atoms with Crippen molar-refractivity contribution in [3.8, 4) is 0 Å². The minimum absolute atomic E-state index is 0. The van der Waals surface area contributed by atoms with E-state index >= 15 is 0 Å². The molecule has 3 fully saturated rings. The third-order valence-electron chi connectivity index (χ3n) is 8.41. The van der Waals surface area contributed by atoms with Crippen molar-refractivity contribution in [2.45, 2.75) is 10.3 Å². The van der Waals surface area contributed by atoms with Crippen LogP contribution in [0.2, 0.25) is 10.3 Å². The summed E-state index contributed by atoms with van der Waals surface area (Å²) in [7, 11) is 0. The highest BCUT2D eigenvalue weighted by atomic mass is 35.5. The standard InChI is InChI=1S/C22H30Cl2N10O4S2.2FH/c1-39-21-25-17(23)15(31(35)36)19(27-21)29-3-7-33(8-4-29)11-13-34(14-12-33)9-5-30(6-10-34)20-16(32(37)38)18(24)26-22(28-20)40-2;;/h3-14H2,1-2H3;2*1H/q+2;;/p-2. The monoisotopic (exact) mass is 670 g/mol. The zero-order valence-corrected chi connectivity index (χ0v) is 26.1. The highest BCUT2D eigenvalue weighted by Gasteiger charge is 2.46. The van der Waals surface area contributed by atoms with Gasteiger partial charge in [-0.3, -0.25) is 20.2 Å². The summed E-state index contributed by atoms with van der Waals surface area (Å²) < 4.78 is 1.96. The predicted molar refractivity (Wildman–Crippen MR) is 155 cm³/mol. The van der Waals surface area contributed by atoms with Crippen LogP contribution in [0.25, 0.3) is 0 Å². The number of rotatable bonds is 6. The molecular formula is C22H30Cl2F2N10O4S2. The Morgan fingerprint density at radius 1 is 0.643 bits per heavy atom. The fourth-order valence-electron chi connectivity index (χ4n) is 5.90. The Kier molecular flexibility index (Phi) is 11.0. The lowest BCUT2D eigenvalue weighted by atomic mass is 10.1. The van der Waals surface area contributed by atoms with E-state index < -0.39 is 9.85 Å².